The Morgan fingerprint density at radius 2 is 2.08 bits per heavy atom. The van der Waals surface area contributed by atoms with Crippen LogP contribution in [0, 0.1) is 12.8 Å². The molecule has 1 aromatic rings. The zero-order valence-electron chi connectivity index (χ0n) is 16.7. The van der Waals surface area contributed by atoms with Gasteiger partial charge >= 0.3 is 0 Å². The monoisotopic (exact) mass is 362 g/mol. The minimum atomic E-state index is -0.0952. The lowest BCUT2D eigenvalue weighted by atomic mass is 9.75. The van der Waals surface area contributed by atoms with Gasteiger partial charge in [-0.15, -0.1) is 5.10 Å². The third-order valence-electron chi connectivity index (χ3n) is 6.39. The minimum absolute atomic E-state index is 0.0479. The summed E-state index contributed by atoms with van der Waals surface area (Å²) in [4.78, 5) is 15.1. The number of aromatic nitrogens is 3. The van der Waals surface area contributed by atoms with E-state index in [4.69, 9.17) is 0 Å². The second kappa shape index (κ2) is 8.05. The van der Waals surface area contributed by atoms with Crippen LogP contribution in [0.25, 0.3) is 0 Å². The Hall–Kier alpha value is -1.47. The highest BCUT2D eigenvalue weighted by atomic mass is 16.2. The Labute approximate surface area is 156 Å². The molecule has 1 aliphatic heterocycles. The number of hydrogen-bond donors (Lipinski definition) is 2. The topological polar surface area (TPSA) is 75.1 Å². The maximum Gasteiger partial charge on any atom is 0.273 e. The van der Waals surface area contributed by atoms with E-state index < -0.39 is 0 Å². The summed E-state index contributed by atoms with van der Waals surface area (Å²) in [6.45, 7) is 6.93. The van der Waals surface area contributed by atoms with Crippen molar-refractivity contribution in [3.63, 3.8) is 0 Å². The molecule has 1 amide bonds. The van der Waals surface area contributed by atoms with Gasteiger partial charge < -0.3 is 15.5 Å². The Morgan fingerprint density at radius 1 is 1.35 bits per heavy atom. The van der Waals surface area contributed by atoms with E-state index in [1.807, 2.05) is 11.6 Å². The Morgan fingerprint density at radius 3 is 2.73 bits per heavy atom. The fraction of sp³-hybridized carbons (Fsp3) is 0.842. The maximum absolute atomic E-state index is 12.8. The van der Waals surface area contributed by atoms with Crippen LogP contribution in [0.5, 0.6) is 0 Å². The number of likely N-dealkylation sites (N-methyl/N-ethyl adjacent to an activating group) is 1. The molecule has 26 heavy (non-hydrogen) atoms. The summed E-state index contributed by atoms with van der Waals surface area (Å²) in [5, 5.41) is 15.0. The summed E-state index contributed by atoms with van der Waals surface area (Å²) >= 11 is 0. The SMILES string of the molecule is Cc1c(C(=O)NCC2(N(C)C)CCCC(C)C2)nnn1C1CCNCC1. The zero-order chi connectivity index (χ0) is 18.7. The second-order valence-electron chi connectivity index (χ2n) is 8.45. The van der Waals surface area contributed by atoms with Crippen LogP contribution in [0.3, 0.4) is 0 Å². The quantitative estimate of drug-likeness (QED) is 0.835. The van der Waals surface area contributed by atoms with Gasteiger partial charge in [-0.2, -0.15) is 0 Å². The second-order valence-corrected chi connectivity index (χ2v) is 8.45. The lowest BCUT2D eigenvalue weighted by Crippen LogP contribution is -2.55. The summed E-state index contributed by atoms with van der Waals surface area (Å²) in [6.07, 6.45) is 6.83. The normalized spacial score (nSPS) is 27.7. The van der Waals surface area contributed by atoms with Gasteiger partial charge in [-0.25, -0.2) is 4.68 Å². The molecule has 3 rings (SSSR count). The maximum atomic E-state index is 12.8. The van der Waals surface area contributed by atoms with Crippen molar-refractivity contribution in [2.45, 2.75) is 64.0 Å². The fourth-order valence-electron chi connectivity index (χ4n) is 4.63. The molecule has 0 aromatic carbocycles. The molecule has 2 aliphatic rings. The van der Waals surface area contributed by atoms with Crippen molar-refractivity contribution in [2.24, 2.45) is 5.92 Å². The van der Waals surface area contributed by atoms with Crippen LogP contribution >= 0.6 is 0 Å². The smallest absolute Gasteiger partial charge is 0.273 e. The highest BCUT2D eigenvalue weighted by Crippen LogP contribution is 2.35. The molecule has 2 unspecified atom stereocenters. The lowest BCUT2D eigenvalue weighted by Gasteiger charge is -2.45. The van der Waals surface area contributed by atoms with Gasteiger partial charge in [0.05, 0.1) is 11.7 Å². The van der Waals surface area contributed by atoms with Crippen molar-refractivity contribution >= 4 is 5.91 Å². The predicted molar refractivity (Wildman–Crippen MR) is 102 cm³/mol. The molecule has 0 bridgehead atoms. The van der Waals surface area contributed by atoms with Gasteiger partial charge in [-0.05, 0) is 65.7 Å². The first-order valence-electron chi connectivity index (χ1n) is 10.0. The molecular formula is C19H34N6O. The van der Waals surface area contributed by atoms with Crippen molar-refractivity contribution in [3.8, 4) is 0 Å². The molecule has 146 valence electrons. The van der Waals surface area contributed by atoms with Gasteiger partial charge in [0, 0.05) is 12.1 Å². The summed E-state index contributed by atoms with van der Waals surface area (Å²) in [7, 11) is 4.26. The molecule has 1 aromatic heterocycles. The van der Waals surface area contributed by atoms with Crippen molar-refractivity contribution in [1.29, 1.82) is 0 Å². The molecule has 7 nitrogen and oxygen atoms in total. The van der Waals surface area contributed by atoms with E-state index >= 15 is 0 Å². The summed E-state index contributed by atoms with van der Waals surface area (Å²) < 4.78 is 1.94. The molecule has 1 aliphatic carbocycles. The number of hydrogen-bond acceptors (Lipinski definition) is 5. The van der Waals surface area contributed by atoms with Gasteiger partial charge in [0.25, 0.3) is 5.91 Å². The number of nitrogens with one attached hydrogen (secondary N) is 2. The highest BCUT2D eigenvalue weighted by molar-refractivity contribution is 5.93. The summed E-state index contributed by atoms with van der Waals surface area (Å²) in [5.41, 5.74) is 1.40. The first kappa shape index (κ1) is 19.3. The zero-order valence-corrected chi connectivity index (χ0v) is 16.7. The summed E-state index contributed by atoms with van der Waals surface area (Å²) in [6, 6.07) is 0.345. The molecule has 2 fully saturated rings. The van der Waals surface area contributed by atoms with Crippen LogP contribution in [-0.2, 0) is 0 Å². The third-order valence-corrected chi connectivity index (χ3v) is 6.39. The Kier molecular flexibility index (Phi) is 5.97. The van der Waals surface area contributed by atoms with E-state index in [-0.39, 0.29) is 11.4 Å². The number of nitrogens with zero attached hydrogens (tertiary/aromatic N) is 4. The first-order valence-corrected chi connectivity index (χ1v) is 10.0. The van der Waals surface area contributed by atoms with Gasteiger partial charge in [0.15, 0.2) is 5.69 Å². The van der Waals surface area contributed by atoms with Crippen molar-refractivity contribution < 1.29 is 4.79 Å². The molecule has 1 saturated heterocycles. The lowest BCUT2D eigenvalue weighted by molar-refractivity contribution is 0.0672. The standard InChI is InChI=1S/C19H34N6O/c1-14-6-5-9-19(12-14,24(3)4)13-21-18(26)17-15(2)25(23-22-17)16-7-10-20-11-8-16/h14,16,20H,5-13H2,1-4H3,(H,21,26). The van der Waals surface area contributed by atoms with E-state index in [0.717, 1.165) is 44.5 Å². The van der Waals surface area contributed by atoms with E-state index in [1.54, 1.807) is 0 Å². The van der Waals surface area contributed by atoms with E-state index in [1.165, 1.54) is 12.8 Å². The van der Waals surface area contributed by atoms with Gasteiger partial charge in [-0.3, -0.25) is 4.79 Å². The van der Waals surface area contributed by atoms with Crippen molar-refractivity contribution in [2.75, 3.05) is 33.7 Å². The molecule has 0 radical (unpaired) electrons. The number of carbonyl (C=O) groups is 1. The van der Waals surface area contributed by atoms with Crippen LogP contribution in [0.4, 0.5) is 0 Å². The number of piperidine rings is 1. The number of carbonyl (C=O) groups excluding carboxylic acids is 1. The average Bonchev–Trinajstić information content (AvgIpc) is 3.02. The minimum Gasteiger partial charge on any atom is -0.349 e. The molecule has 0 spiro atoms. The van der Waals surface area contributed by atoms with Gasteiger partial charge in [0.1, 0.15) is 0 Å². The summed E-state index contributed by atoms with van der Waals surface area (Å²) in [5.74, 6) is 0.604. The number of rotatable bonds is 5. The average molecular weight is 363 g/mol. The number of amides is 1. The van der Waals surface area contributed by atoms with Crippen molar-refractivity contribution in [1.82, 2.24) is 30.5 Å². The molecule has 2 heterocycles. The molecular weight excluding hydrogens is 328 g/mol. The van der Waals surface area contributed by atoms with Crippen LogP contribution < -0.4 is 10.6 Å². The fourth-order valence-corrected chi connectivity index (χ4v) is 4.63. The van der Waals surface area contributed by atoms with Crippen molar-refractivity contribution in [3.05, 3.63) is 11.4 Å². The van der Waals surface area contributed by atoms with Crippen LogP contribution in [0.1, 0.15) is 67.7 Å². The van der Waals surface area contributed by atoms with E-state index in [9.17, 15) is 4.79 Å². The molecule has 2 N–H and O–H groups in total. The van der Waals surface area contributed by atoms with Gasteiger partial charge in [-0.1, -0.05) is 25.0 Å². The largest absolute Gasteiger partial charge is 0.349 e. The van der Waals surface area contributed by atoms with Crippen LogP contribution in [-0.4, -0.2) is 65.1 Å². The molecule has 1 saturated carbocycles. The Balaban J connectivity index is 1.67. The highest BCUT2D eigenvalue weighted by Gasteiger charge is 2.37. The third kappa shape index (κ3) is 3.93. The molecule has 2 atom stereocenters. The van der Waals surface area contributed by atoms with Crippen LogP contribution in [0.15, 0.2) is 0 Å². The van der Waals surface area contributed by atoms with E-state index in [2.05, 4.69) is 46.9 Å². The van der Waals surface area contributed by atoms with Crippen LogP contribution in [0.2, 0.25) is 0 Å². The predicted octanol–water partition coefficient (Wildman–Crippen LogP) is 1.75. The molecule has 7 heteroatoms. The first-order chi connectivity index (χ1) is 12.4. The van der Waals surface area contributed by atoms with E-state index in [0.29, 0.717) is 24.2 Å². The van der Waals surface area contributed by atoms with Gasteiger partial charge in [0.2, 0.25) is 0 Å². The Bertz CT molecular complexity index is 622.